The lowest BCUT2D eigenvalue weighted by Crippen LogP contribution is -2.05. The Bertz CT molecular complexity index is 560. The molecule has 0 atom stereocenters. The maximum Gasteiger partial charge on any atom is 0.242 e. The lowest BCUT2D eigenvalue weighted by atomic mass is 10.3. The molecule has 6 heteroatoms. The van der Waals surface area contributed by atoms with Gasteiger partial charge in [0.1, 0.15) is 12.0 Å². The summed E-state index contributed by atoms with van der Waals surface area (Å²) in [6.07, 6.45) is 4.39. The molecule has 0 bridgehead atoms. The van der Waals surface area contributed by atoms with Gasteiger partial charge in [-0.1, -0.05) is 6.92 Å². The van der Waals surface area contributed by atoms with Crippen LogP contribution in [0.5, 0.6) is 5.88 Å². The number of aromatic nitrogens is 2. The van der Waals surface area contributed by atoms with E-state index in [0.717, 1.165) is 12.1 Å². The number of nitrogens with two attached hydrogens (primary N) is 1. The summed E-state index contributed by atoms with van der Waals surface area (Å²) < 4.78 is 5.48. The number of nitrogens with one attached hydrogen (secondary N) is 1. The van der Waals surface area contributed by atoms with Crippen molar-refractivity contribution in [3.05, 3.63) is 30.6 Å². The second-order valence-electron chi connectivity index (χ2n) is 4.14. The van der Waals surface area contributed by atoms with Crippen LogP contribution >= 0.6 is 11.8 Å². The highest BCUT2D eigenvalue weighted by Gasteiger charge is 2.09. The number of ether oxygens (including phenoxy) is 1. The number of anilines is 3. The maximum absolute atomic E-state index is 6.01. The van der Waals surface area contributed by atoms with Crippen molar-refractivity contribution >= 4 is 29.0 Å². The fourth-order valence-electron chi connectivity index (χ4n) is 1.60. The van der Waals surface area contributed by atoms with E-state index in [1.165, 1.54) is 11.2 Å². The monoisotopic (exact) mass is 290 g/mol. The zero-order valence-corrected chi connectivity index (χ0v) is 12.4. The smallest absolute Gasteiger partial charge is 0.242 e. The van der Waals surface area contributed by atoms with Gasteiger partial charge < -0.3 is 15.8 Å². The SMILES string of the molecule is CCCOc1ncnc(Nc2ccc(SC)cc2)c1N. The fourth-order valence-corrected chi connectivity index (χ4v) is 2.01. The molecule has 106 valence electrons. The van der Waals surface area contributed by atoms with Crippen molar-refractivity contribution in [2.75, 3.05) is 23.9 Å². The molecule has 1 heterocycles. The molecule has 0 saturated heterocycles. The maximum atomic E-state index is 6.01. The van der Waals surface area contributed by atoms with Gasteiger partial charge >= 0.3 is 0 Å². The molecule has 20 heavy (non-hydrogen) atoms. The van der Waals surface area contributed by atoms with E-state index in [4.69, 9.17) is 10.5 Å². The van der Waals surface area contributed by atoms with Gasteiger partial charge in [0.15, 0.2) is 5.82 Å². The number of hydrogen-bond donors (Lipinski definition) is 2. The van der Waals surface area contributed by atoms with Crippen LogP contribution < -0.4 is 15.8 Å². The second kappa shape index (κ2) is 7.00. The summed E-state index contributed by atoms with van der Waals surface area (Å²) >= 11 is 1.70. The lowest BCUT2D eigenvalue weighted by molar-refractivity contribution is 0.307. The Labute approximate surface area is 123 Å². The van der Waals surface area contributed by atoms with E-state index in [0.29, 0.717) is 24.0 Å². The topological polar surface area (TPSA) is 73.1 Å². The predicted molar refractivity (Wildman–Crippen MR) is 83.7 cm³/mol. The Morgan fingerprint density at radius 2 is 2.00 bits per heavy atom. The molecule has 0 aliphatic heterocycles. The van der Waals surface area contributed by atoms with Crippen LogP contribution in [0.15, 0.2) is 35.5 Å². The van der Waals surface area contributed by atoms with Gasteiger partial charge in [-0.3, -0.25) is 0 Å². The van der Waals surface area contributed by atoms with Crippen LogP contribution in [-0.4, -0.2) is 22.8 Å². The largest absolute Gasteiger partial charge is 0.476 e. The molecule has 0 radical (unpaired) electrons. The summed E-state index contributed by atoms with van der Waals surface area (Å²) in [6, 6.07) is 8.05. The molecule has 0 saturated carbocycles. The molecular formula is C14H18N4OS. The molecular weight excluding hydrogens is 272 g/mol. The third kappa shape index (κ3) is 3.54. The summed E-state index contributed by atoms with van der Waals surface area (Å²) in [6.45, 7) is 2.62. The van der Waals surface area contributed by atoms with Crippen LogP contribution in [0.1, 0.15) is 13.3 Å². The first-order valence-electron chi connectivity index (χ1n) is 6.39. The lowest BCUT2D eigenvalue weighted by Gasteiger charge is -2.11. The van der Waals surface area contributed by atoms with Crippen molar-refractivity contribution in [3.8, 4) is 5.88 Å². The van der Waals surface area contributed by atoms with E-state index in [1.807, 2.05) is 37.4 Å². The average Bonchev–Trinajstić information content (AvgIpc) is 2.49. The van der Waals surface area contributed by atoms with Crippen molar-refractivity contribution < 1.29 is 4.74 Å². The summed E-state index contributed by atoms with van der Waals surface area (Å²) in [7, 11) is 0. The van der Waals surface area contributed by atoms with E-state index >= 15 is 0 Å². The number of nitrogens with zero attached hydrogens (tertiary/aromatic N) is 2. The second-order valence-corrected chi connectivity index (χ2v) is 5.02. The first kappa shape index (κ1) is 14.5. The average molecular weight is 290 g/mol. The number of rotatable bonds is 6. The van der Waals surface area contributed by atoms with E-state index in [2.05, 4.69) is 15.3 Å². The van der Waals surface area contributed by atoms with Crippen LogP contribution in [0.4, 0.5) is 17.2 Å². The van der Waals surface area contributed by atoms with Gasteiger partial charge in [0.25, 0.3) is 0 Å². The minimum atomic E-state index is 0.421. The van der Waals surface area contributed by atoms with Crippen LogP contribution in [0.25, 0.3) is 0 Å². The van der Waals surface area contributed by atoms with E-state index in [1.54, 1.807) is 11.8 Å². The highest BCUT2D eigenvalue weighted by atomic mass is 32.2. The van der Waals surface area contributed by atoms with Crippen molar-refractivity contribution in [1.29, 1.82) is 0 Å². The van der Waals surface area contributed by atoms with Crippen molar-refractivity contribution in [2.45, 2.75) is 18.2 Å². The Hall–Kier alpha value is -1.95. The zero-order valence-electron chi connectivity index (χ0n) is 11.6. The number of hydrogen-bond acceptors (Lipinski definition) is 6. The Morgan fingerprint density at radius 1 is 1.25 bits per heavy atom. The number of nitrogen functional groups attached to an aromatic ring is 1. The van der Waals surface area contributed by atoms with Gasteiger partial charge in [0.2, 0.25) is 5.88 Å². The molecule has 2 aromatic rings. The molecule has 3 N–H and O–H groups in total. The van der Waals surface area contributed by atoms with Gasteiger partial charge in [0, 0.05) is 10.6 Å². The normalized spacial score (nSPS) is 10.3. The molecule has 0 aliphatic rings. The predicted octanol–water partition coefficient (Wildman–Crippen LogP) is 3.31. The minimum absolute atomic E-state index is 0.421. The molecule has 0 unspecified atom stereocenters. The van der Waals surface area contributed by atoms with Crippen LogP contribution in [-0.2, 0) is 0 Å². The first-order valence-corrected chi connectivity index (χ1v) is 7.61. The van der Waals surface area contributed by atoms with Gasteiger partial charge in [-0.2, -0.15) is 4.98 Å². The van der Waals surface area contributed by atoms with Gasteiger partial charge in [0.05, 0.1) is 6.61 Å². The van der Waals surface area contributed by atoms with Gasteiger partial charge in [-0.25, -0.2) is 4.98 Å². The van der Waals surface area contributed by atoms with Crippen molar-refractivity contribution in [3.63, 3.8) is 0 Å². The Morgan fingerprint density at radius 3 is 2.65 bits per heavy atom. The van der Waals surface area contributed by atoms with Crippen molar-refractivity contribution in [1.82, 2.24) is 9.97 Å². The highest BCUT2D eigenvalue weighted by molar-refractivity contribution is 7.98. The molecule has 0 amide bonds. The van der Waals surface area contributed by atoms with Crippen LogP contribution in [0.3, 0.4) is 0 Å². The van der Waals surface area contributed by atoms with Gasteiger partial charge in [-0.15, -0.1) is 11.8 Å². The summed E-state index contributed by atoms with van der Waals surface area (Å²) in [5.41, 5.74) is 7.36. The van der Waals surface area contributed by atoms with Crippen molar-refractivity contribution in [2.24, 2.45) is 0 Å². The van der Waals surface area contributed by atoms with E-state index in [-0.39, 0.29) is 0 Å². The van der Waals surface area contributed by atoms with E-state index < -0.39 is 0 Å². The van der Waals surface area contributed by atoms with E-state index in [9.17, 15) is 0 Å². The number of benzene rings is 1. The zero-order chi connectivity index (χ0) is 14.4. The Kier molecular flexibility index (Phi) is 5.06. The van der Waals surface area contributed by atoms with Crippen LogP contribution in [0, 0.1) is 0 Å². The molecule has 2 rings (SSSR count). The van der Waals surface area contributed by atoms with Gasteiger partial charge in [-0.05, 0) is 36.9 Å². The quantitative estimate of drug-likeness (QED) is 0.795. The molecule has 1 aromatic carbocycles. The fraction of sp³-hybridized carbons (Fsp3) is 0.286. The summed E-state index contributed by atoms with van der Waals surface area (Å²) in [4.78, 5) is 9.40. The summed E-state index contributed by atoms with van der Waals surface area (Å²) in [5.74, 6) is 0.980. The first-order chi connectivity index (χ1) is 9.74. The molecule has 0 fully saturated rings. The third-order valence-electron chi connectivity index (χ3n) is 2.64. The number of thioether (sulfide) groups is 1. The minimum Gasteiger partial charge on any atom is -0.476 e. The summed E-state index contributed by atoms with van der Waals surface area (Å²) in [5, 5.41) is 3.17. The molecule has 0 aliphatic carbocycles. The molecule has 0 spiro atoms. The molecule has 1 aromatic heterocycles. The third-order valence-corrected chi connectivity index (χ3v) is 3.39. The molecule has 5 nitrogen and oxygen atoms in total. The van der Waals surface area contributed by atoms with Crippen LogP contribution in [0.2, 0.25) is 0 Å². The Balaban J connectivity index is 2.15. The standard InChI is InChI=1S/C14H18N4OS/c1-3-8-19-14-12(15)13(16-9-17-14)18-10-4-6-11(20-2)7-5-10/h4-7,9H,3,8,15H2,1-2H3,(H,16,17,18). The highest BCUT2D eigenvalue weighted by Crippen LogP contribution is 2.28.